The molecule has 0 fully saturated rings. The van der Waals surface area contributed by atoms with E-state index in [0.717, 1.165) is 20.8 Å². The highest BCUT2D eigenvalue weighted by atomic mass is 79.9. The summed E-state index contributed by atoms with van der Waals surface area (Å²) in [4.78, 5) is 0. The van der Waals surface area contributed by atoms with Crippen LogP contribution in [0.1, 0.15) is 5.56 Å². The molecule has 2 aromatic carbocycles. The van der Waals surface area contributed by atoms with Gasteiger partial charge in [-0.15, -0.1) is 0 Å². The summed E-state index contributed by atoms with van der Waals surface area (Å²) < 4.78 is 6.67. The van der Waals surface area contributed by atoms with Gasteiger partial charge in [-0.2, -0.15) is 0 Å². The number of hydrogen-bond acceptors (Lipinski definition) is 1. The zero-order valence-corrected chi connectivity index (χ0v) is 10.8. The summed E-state index contributed by atoms with van der Waals surface area (Å²) in [6, 6.07) is 15.4. The Morgan fingerprint density at radius 2 is 1.81 bits per heavy atom. The molecule has 0 aliphatic rings. The minimum absolute atomic E-state index is 0.530. The van der Waals surface area contributed by atoms with Crippen molar-refractivity contribution in [2.24, 2.45) is 0 Å². The van der Waals surface area contributed by atoms with Gasteiger partial charge in [-0.25, -0.2) is 0 Å². The fourth-order valence-electron chi connectivity index (χ4n) is 1.32. The van der Waals surface area contributed by atoms with Crippen molar-refractivity contribution in [3.63, 3.8) is 0 Å². The Bertz CT molecular complexity index is 468. The van der Waals surface area contributed by atoms with Crippen LogP contribution in [0.2, 0.25) is 5.02 Å². The molecule has 0 bridgehead atoms. The Kier molecular flexibility index (Phi) is 3.86. The normalized spacial score (nSPS) is 10.1. The summed E-state index contributed by atoms with van der Waals surface area (Å²) >= 11 is 9.26. The molecule has 2 rings (SSSR count). The van der Waals surface area contributed by atoms with Gasteiger partial charge in [-0.05, 0) is 42.0 Å². The monoisotopic (exact) mass is 296 g/mol. The Labute approximate surface area is 108 Å². The van der Waals surface area contributed by atoms with E-state index >= 15 is 0 Å². The summed E-state index contributed by atoms with van der Waals surface area (Å²) in [7, 11) is 0. The van der Waals surface area contributed by atoms with Crippen molar-refractivity contribution < 1.29 is 4.74 Å². The summed E-state index contributed by atoms with van der Waals surface area (Å²) in [5.41, 5.74) is 1.07. The van der Waals surface area contributed by atoms with Crippen molar-refractivity contribution in [2.75, 3.05) is 0 Å². The number of halogens is 2. The lowest BCUT2D eigenvalue weighted by molar-refractivity contribution is 0.306. The molecule has 0 heterocycles. The van der Waals surface area contributed by atoms with E-state index in [1.165, 1.54) is 0 Å². The number of rotatable bonds is 3. The molecule has 16 heavy (non-hydrogen) atoms. The molecule has 0 N–H and O–H groups in total. The molecule has 0 radical (unpaired) electrons. The highest BCUT2D eigenvalue weighted by molar-refractivity contribution is 9.10. The van der Waals surface area contributed by atoms with E-state index in [2.05, 4.69) is 15.9 Å². The first-order chi connectivity index (χ1) is 7.74. The lowest BCUT2D eigenvalue weighted by atomic mass is 10.2. The fourth-order valence-corrected chi connectivity index (χ4v) is 1.80. The molecular weight excluding hydrogens is 287 g/mol. The van der Waals surface area contributed by atoms with E-state index < -0.39 is 0 Å². The summed E-state index contributed by atoms with van der Waals surface area (Å²) in [6.45, 7) is 0.530. The van der Waals surface area contributed by atoms with E-state index in [9.17, 15) is 0 Å². The van der Waals surface area contributed by atoms with Gasteiger partial charge < -0.3 is 4.74 Å². The van der Waals surface area contributed by atoms with E-state index in [-0.39, 0.29) is 0 Å². The van der Waals surface area contributed by atoms with Crippen LogP contribution >= 0.6 is 27.5 Å². The highest BCUT2D eigenvalue weighted by Gasteiger charge is 1.96. The molecule has 0 saturated carbocycles. The molecule has 0 atom stereocenters. The average Bonchev–Trinajstić information content (AvgIpc) is 2.28. The van der Waals surface area contributed by atoms with Crippen LogP contribution in [0.15, 0.2) is 53.0 Å². The Balaban J connectivity index is 1.99. The lowest BCUT2D eigenvalue weighted by Gasteiger charge is -2.06. The SMILES string of the molecule is Clc1cccc(COc2ccc(Br)cc2)c1. The molecule has 0 aromatic heterocycles. The summed E-state index contributed by atoms with van der Waals surface area (Å²) in [5, 5.41) is 0.733. The standard InChI is InChI=1S/C13H10BrClO/c14-11-4-6-13(7-5-11)16-9-10-2-1-3-12(15)8-10/h1-8H,9H2. The van der Waals surface area contributed by atoms with Crippen molar-refractivity contribution >= 4 is 27.5 Å². The van der Waals surface area contributed by atoms with E-state index in [1.54, 1.807) is 0 Å². The van der Waals surface area contributed by atoms with Gasteiger partial charge in [0.1, 0.15) is 12.4 Å². The maximum absolute atomic E-state index is 5.89. The molecule has 1 nitrogen and oxygen atoms in total. The number of benzene rings is 2. The molecule has 2 aromatic rings. The van der Waals surface area contributed by atoms with Crippen molar-refractivity contribution in [3.05, 3.63) is 63.6 Å². The highest BCUT2D eigenvalue weighted by Crippen LogP contribution is 2.18. The van der Waals surface area contributed by atoms with Gasteiger partial charge in [0.25, 0.3) is 0 Å². The van der Waals surface area contributed by atoms with Gasteiger partial charge in [-0.3, -0.25) is 0 Å². The zero-order valence-electron chi connectivity index (χ0n) is 8.49. The minimum Gasteiger partial charge on any atom is -0.489 e. The second kappa shape index (κ2) is 5.37. The van der Waals surface area contributed by atoms with Gasteiger partial charge in [-0.1, -0.05) is 39.7 Å². The molecule has 0 amide bonds. The molecule has 3 heteroatoms. The number of ether oxygens (including phenoxy) is 1. The first kappa shape index (κ1) is 11.5. The first-order valence-electron chi connectivity index (χ1n) is 4.87. The van der Waals surface area contributed by atoms with E-state index in [1.807, 2.05) is 48.5 Å². The second-order valence-electron chi connectivity index (χ2n) is 3.37. The molecule has 0 unspecified atom stereocenters. The van der Waals surface area contributed by atoms with Crippen molar-refractivity contribution in [3.8, 4) is 5.75 Å². The maximum Gasteiger partial charge on any atom is 0.119 e. The van der Waals surface area contributed by atoms with Gasteiger partial charge >= 0.3 is 0 Å². The van der Waals surface area contributed by atoms with Crippen LogP contribution < -0.4 is 4.74 Å². The van der Waals surface area contributed by atoms with Gasteiger partial charge in [0.15, 0.2) is 0 Å². The topological polar surface area (TPSA) is 9.23 Å². The smallest absolute Gasteiger partial charge is 0.119 e. The second-order valence-corrected chi connectivity index (χ2v) is 4.72. The molecule has 0 spiro atoms. The number of hydrogen-bond donors (Lipinski definition) is 0. The predicted octanol–water partition coefficient (Wildman–Crippen LogP) is 4.68. The van der Waals surface area contributed by atoms with Crippen LogP contribution in [0.5, 0.6) is 5.75 Å². The third-order valence-electron chi connectivity index (χ3n) is 2.11. The summed E-state index contributed by atoms with van der Waals surface area (Å²) in [6.07, 6.45) is 0. The van der Waals surface area contributed by atoms with Crippen molar-refractivity contribution in [1.82, 2.24) is 0 Å². The first-order valence-corrected chi connectivity index (χ1v) is 6.04. The average molecular weight is 298 g/mol. The lowest BCUT2D eigenvalue weighted by Crippen LogP contribution is -1.94. The quantitative estimate of drug-likeness (QED) is 0.799. The molecule has 0 aliphatic heterocycles. The van der Waals surface area contributed by atoms with Crippen molar-refractivity contribution in [1.29, 1.82) is 0 Å². The van der Waals surface area contributed by atoms with Crippen LogP contribution in [0.4, 0.5) is 0 Å². The van der Waals surface area contributed by atoms with Crippen LogP contribution in [0.25, 0.3) is 0 Å². The predicted molar refractivity (Wildman–Crippen MR) is 69.9 cm³/mol. The van der Waals surface area contributed by atoms with Gasteiger partial charge in [0.05, 0.1) is 0 Å². The van der Waals surface area contributed by atoms with E-state index in [4.69, 9.17) is 16.3 Å². The minimum atomic E-state index is 0.530. The van der Waals surface area contributed by atoms with Crippen molar-refractivity contribution in [2.45, 2.75) is 6.61 Å². The Morgan fingerprint density at radius 1 is 1.06 bits per heavy atom. The maximum atomic E-state index is 5.89. The molecule has 82 valence electrons. The molecule has 0 aliphatic carbocycles. The molecular formula is C13H10BrClO. The summed E-state index contributed by atoms with van der Waals surface area (Å²) in [5.74, 6) is 0.850. The largest absolute Gasteiger partial charge is 0.489 e. The zero-order chi connectivity index (χ0) is 11.4. The van der Waals surface area contributed by atoms with Crippen LogP contribution in [0, 0.1) is 0 Å². The van der Waals surface area contributed by atoms with Crippen LogP contribution in [-0.4, -0.2) is 0 Å². The Morgan fingerprint density at radius 3 is 2.50 bits per heavy atom. The van der Waals surface area contributed by atoms with Crippen LogP contribution in [-0.2, 0) is 6.61 Å². The third kappa shape index (κ3) is 3.26. The van der Waals surface area contributed by atoms with Crippen LogP contribution in [0.3, 0.4) is 0 Å². The van der Waals surface area contributed by atoms with E-state index in [0.29, 0.717) is 6.61 Å². The molecule has 0 saturated heterocycles. The third-order valence-corrected chi connectivity index (χ3v) is 2.87. The Hall–Kier alpha value is -0.990. The fraction of sp³-hybridized carbons (Fsp3) is 0.0769. The van der Waals surface area contributed by atoms with Gasteiger partial charge in [0.2, 0.25) is 0 Å². The van der Waals surface area contributed by atoms with Gasteiger partial charge in [0, 0.05) is 9.50 Å².